The quantitative estimate of drug-likeness (QED) is 0.535. The smallest absolute Gasteiger partial charge is 0.407 e. The Morgan fingerprint density at radius 2 is 1.62 bits per heavy atom. The van der Waals surface area contributed by atoms with Crippen molar-refractivity contribution in [3.05, 3.63) is 59.7 Å². The number of alkyl carbamates (subject to hydrolysis) is 1. The number of hydrogen-bond donors (Lipinski definition) is 3. The van der Waals surface area contributed by atoms with Crippen LogP contribution in [0.5, 0.6) is 0 Å². The molecule has 0 radical (unpaired) electrons. The minimum atomic E-state index is -1.04. The fourth-order valence-corrected chi connectivity index (χ4v) is 5.23. The van der Waals surface area contributed by atoms with Gasteiger partial charge >= 0.3 is 12.1 Å². The summed E-state index contributed by atoms with van der Waals surface area (Å²) in [5.74, 6) is -1.85. The van der Waals surface area contributed by atoms with Gasteiger partial charge in [-0.2, -0.15) is 0 Å². The van der Waals surface area contributed by atoms with Crippen LogP contribution < -0.4 is 10.6 Å². The van der Waals surface area contributed by atoms with Gasteiger partial charge < -0.3 is 20.5 Å². The highest BCUT2D eigenvalue weighted by molar-refractivity contribution is 5.86. The Hall–Kier alpha value is -3.35. The lowest BCUT2D eigenvalue weighted by atomic mass is 9.83. The molecule has 7 heteroatoms. The number of fused-ring (bicyclic) bond motifs is 3. The lowest BCUT2D eigenvalue weighted by molar-refractivity contribution is -0.143. The molecule has 0 saturated heterocycles. The predicted octanol–water partition coefficient (Wildman–Crippen LogP) is 4.45. The van der Waals surface area contributed by atoms with Crippen molar-refractivity contribution in [1.29, 1.82) is 0 Å². The Morgan fingerprint density at radius 1 is 1.00 bits per heavy atom. The molecule has 0 spiro atoms. The first-order valence-electron chi connectivity index (χ1n) is 12.1. The molecular weight excluding hydrogens is 432 g/mol. The number of amides is 2. The molecule has 7 nitrogen and oxygen atoms in total. The molecule has 4 rings (SSSR count). The van der Waals surface area contributed by atoms with Crippen LogP contribution in [0.15, 0.2) is 48.5 Å². The molecule has 2 aliphatic rings. The first kappa shape index (κ1) is 23.8. The maximum Gasteiger partial charge on any atom is 0.407 e. The number of carbonyl (C=O) groups excluding carboxylic acids is 2. The third-order valence-electron chi connectivity index (χ3n) is 6.94. The molecule has 1 saturated carbocycles. The number of hydrogen-bond acceptors (Lipinski definition) is 4. The van der Waals surface area contributed by atoms with Gasteiger partial charge in [0.25, 0.3) is 0 Å². The van der Waals surface area contributed by atoms with Gasteiger partial charge in [0, 0.05) is 12.0 Å². The van der Waals surface area contributed by atoms with E-state index in [1.807, 2.05) is 31.2 Å². The second-order valence-electron chi connectivity index (χ2n) is 9.16. The van der Waals surface area contributed by atoms with Crippen LogP contribution in [0.2, 0.25) is 0 Å². The predicted molar refractivity (Wildman–Crippen MR) is 128 cm³/mol. The van der Waals surface area contributed by atoms with Crippen molar-refractivity contribution >= 4 is 18.0 Å². The molecule has 3 atom stereocenters. The summed E-state index contributed by atoms with van der Waals surface area (Å²) >= 11 is 0. The van der Waals surface area contributed by atoms with Crippen molar-refractivity contribution in [2.24, 2.45) is 5.92 Å². The molecule has 0 bridgehead atoms. The van der Waals surface area contributed by atoms with Gasteiger partial charge in [0.2, 0.25) is 5.91 Å². The van der Waals surface area contributed by atoms with Gasteiger partial charge in [-0.25, -0.2) is 9.59 Å². The monoisotopic (exact) mass is 464 g/mol. The normalized spacial score (nSPS) is 20.0. The van der Waals surface area contributed by atoms with E-state index in [4.69, 9.17) is 4.74 Å². The van der Waals surface area contributed by atoms with E-state index in [9.17, 15) is 19.5 Å². The van der Waals surface area contributed by atoms with Crippen molar-refractivity contribution in [3.63, 3.8) is 0 Å². The van der Waals surface area contributed by atoms with Gasteiger partial charge in [0.1, 0.15) is 12.6 Å². The number of carbonyl (C=O) groups is 3. The summed E-state index contributed by atoms with van der Waals surface area (Å²) in [5.41, 5.74) is 4.61. The van der Waals surface area contributed by atoms with Gasteiger partial charge in [-0.1, -0.05) is 74.7 Å². The van der Waals surface area contributed by atoms with E-state index < -0.39 is 24.0 Å². The van der Waals surface area contributed by atoms with Crippen molar-refractivity contribution in [2.45, 2.75) is 63.5 Å². The molecule has 2 aromatic rings. The number of benzene rings is 2. The highest BCUT2D eigenvalue weighted by Gasteiger charge is 2.35. The highest BCUT2D eigenvalue weighted by atomic mass is 16.5. The maximum atomic E-state index is 12.9. The Balaban J connectivity index is 1.38. The van der Waals surface area contributed by atoms with Crippen LogP contribution in [0.1, 0.15) is 62.5 Å². The first-order chi connectivity index (χ1) is 16.5. The summed E-state index contributed by atoms with van der Waals surface area (Å²) in [6.07, 6.45) is 3.52. The fourth-order valence-electron chi connectivity index (χ4n) is 5.23. The average Bonchev–Trinajstić information content (AvgIpc) is 3.16. The number of carboxylic acids is 1. The minimum absolute atomic E-state index is 0.0334. The zero-order valence-electron chi connectivity index (χ0n) is 19.5. The van der Waals surface area contributed by atoms with E-state index in [0.29, 0.717) is 25.7 Å². The van der Waals surface area contributed by atoms with E-state index in [1.54, 1.807) is 0 Å². The number of rotatable bonds is 8. The van der Waals surface area contributed by atoms with Crippen molar-refractivity contribution < 1.29 is 24.2 Å². The Kier molecular flexibility index (Phi) is 7.50. The molecule has 0 aliphatic heterocycles. The molecule has 2 amide bonds. The average molecular weight is 465 g/mol. The zero-order chi connectivity index (χ0) is 24.1. The lowest BCUT2D eigenvalue weighted by Gasteiger charge is -2.31. The van der Waals surface area contributed by atoms with E-state index in [-0.39, 0.29) is 24.5 Å². The number of aliphatic carboxylic acids is 1. The fraction of sp³-hybridized carbons (Fsp3) is 0.444. The van der Waals surface area contributed by atoms with Gasteiger partial charge in [0.15, 0.2) is 0 Å². The third kappa shape index (κ3) is 5.08. The molecule has 34 heavy (non-hydrogen) atoms. The summed E-state index contributed by atoms with van der Waals surface area (Å²) in [7, 11) is 0. The molecule has 0 unspecified atom stereocenters. The van der Waals surface area contributed by atoms with Crippen molar-refractivity contribution in [1.82, 2.24) is 10.6 Å². The first-order valence-corrected chi connectivity index (χ1v) is 12.1. The molecule has 1 fully saturated rings. The van der Waals surface area contributed by atoms with Gasteiger partial charge in [0.05, 0.1) is 5.92 Å². The standard InChI is InChI=1S/C27H32N2O5/c1-2-9-24(26(31)32)28-25(30)21-14-7-8-15-23(21)29-27(33)34-16-22-19-12-5-3-10-17(19)18-11-4-6-13-20(18)22/h3-6,10-13,21-24H,2,7-9,14-16H2,1H3,(H,28,30)(H,29,33)(H,31,32)/t21-,23+,24+/m0/s1. The van der Waals surface area contributed by atoms with Crippen LogP contribution >= 0.6 is 0 Å². The Bertz CT molecular complexity index is 1010. The van der Waals surface area contributed by atoms with Crippen LogP contribution in [-0.2, 0) is 14.3 Å². The van der Waals surface area contributed by atoms with Gasteiger partial charge in [-0.15, -0.1) is 0 Å². The number of carboxylic acid groups (broad SMARTS) is 1. The summed E-state index contributed by atoms with van der Waals surface area (Å²) in [4.78, 5) is 37.0. The van der Waals surface area contributed by atoms with Gasteiger partial charge in [-0.3, -0.25) is 4.79 Å². The Morgan fingerprint density at radius 3 is 2.24 bits per heavy atom. The minimum Gasteiger partial charge on any atom is -0.480 e. The zero-order valence-corrected chi connectivity index (χ0v) is 19.5. The van der Waals surface area contributed by atoms with Crippen molar-refractivity contribution in [3.8, 4) is 11.1 Å². The largest absolute Gasteiger partial charge is 0.480 e. The van der Waals surface area contributed by atoms with Crippen LogP contribution in [0, 0.1) is 5.92 Å². The summed E-state index contributed by atoms with van der Waals surface area (Å²) < 4.78 is 5.65. The molecule has 0 aromatic heterocycles. The summed E-state index contributed by atoms with van der Waals surface area (Å²) in [5, 5.41) is 14.9. The Labute approximate surface area is 199 Å². The molecular formula is C27H32N2O5. The van der Waals surface area contributed by atoms with E-state index >= 15 is 0 Å². The molecule has 180 valence electrons. The van der Waals surface area contributed by atoms with E-state index in [1.165, 1.54) is 0 Å². The second kappa shape index (κ2) is 10.7. The van der Waals surface area contributed by atoms with Crippen LogP contribution in [-0.4, -0.2) is 41.8 Å². The molecule has 2 aliphatic carbocycles. The summed E-state index contributed by atoms with van der Waals surface area (Å²) in [6.45, 7) is 2.09. The number of ether oxygens (including phenoxy) is 1. The van der Waals surface area contributed by atoms with Crippen LogP contribution in [0.4, 0.5) is 4.79 Å². The van der Waals surface area contributed by atoms with Gasteiger partial charge in [-0.05, 0) is 41.5 Å². The molecule has 0 heterocycles. The van der Waals surface area contributed by atoms with Crippen LogP contribution in [0.3, 0.4) is 0 Å². The highest BCUT2D eigenvalue weighted by Crippen LogP contribution is 2.44. The van der Waals surface area contributed by atoms with E-state index in [0.717, 1.165) is 35.1 Å². The third-order valence-corrected chi connectivity index (χ3v) is 6.94. The maximum absolute atomic E-state index is 12.9. The summed E-state index contributed by atoms with van der Waals surface area (Å²) in [6, 6.07) is 15.0. The lowest BCUT2D eigenvalue weighted by Crippen LogP contribution is -2.51. The molecule has 3 N–H and O–H groups in total. The van der Waals surface area contributed by atoms with Crippen LogP contribution in [0.25, 0.3) is 11.1 Å². The van der Waals surface area contributed by atoms with Crippen molar-refractivity contribution in [2.75, 3.05) is 6.61 Å². The second-order valence-corrected chi connectivity index (χ2v) is 9.16. The number of nitrogens with one attached hydrogen (secondary N) is 2. The topological polar surface area (TPSA) is 105 Å². The SMILES string of the molecule is CCC[C@@H](NC(=O)[C@H]1CCCC[C@H]1NC(=O)OCC1c2ccccc2-c2ccccc21)C(=O)O. The van der Waals surface area contributed by atoms with E-state index in [2.05, 4.69) is 34.9 Å². The molecule has 2 aromatic carbocycles.